The number of carbonyl (C=O) groups excluding carboxylic acids is 1. The molecule has 0 spiro atoms. The average molecular weight is 289 g/mol. The minimum atomic E-state index is 0.0871. The summed E-state index contributed by atoms with van der Waals surface area (Å²) in [5.74, 6) is 1.72. The Bertz CT molecular complexity index is 450. The van der Waals surface area contributed by atoms with E-state index in [1.807, 2.05) is 24.1 Å². The highest BCUT2D eigenvalue weighted by molar-refractivity contribution is 5.94. The van der Waals surface area contributed by atoms with Crippen LogP contribution in [-0.4, -0.2) is 35.4 Å². The second-order valence-corrected chi connectivity index (χ2v) is 6.19. The Hall–Kier alpha value is -1.58. The van der Waals surface area contributed by atoms with Crippen LogP contribution in [0.2, 0.25) is 0 Å². The van der Waals surface area contributed by atoms with E-state index in [2.05, 4.69) is 24.1 Å². The quantitative estimate of drug-likeness (QED) is 0.901. The van der Waals surface area contributed by atoms with E-state index in [4.69, 9.17) is 0 Å². The van der Waals surface area contributed by atoms with Crippen LogP contribution >= 0.6 is 0 Å². The van der Waals surface area contributed by atoms with Crippen LogP contribution in [0.25, 0.3) is 0 Å². The number of amides is 1. The molecular formula is C17H27N3O. The molecule has 1 aromatic rings. The lowest BCUT2D eigenvalue weighted by Crippen LogP contribution is -2.39. The zero-order valence-corrected chi connectivity index (χ0v) is 13.4. The summed E-state index contributed by atoms with van der Waals surface area (Å²) in [7, 11) is 1.92. The van der Waals surface area contributed by atoms with Gasteiger partial charge in [0.15, 0.2) is 0 Å². The fraction of sp³-hybridized carbons (Fsp3) is 0.647. The molecule has 1 heterocycles. The number of rotatable bonds is 5. The van der Waals surface area contributed by atoms with Crippen molar-refractivity contribution in [3.05, 3.63) is 23.9 Å². The van der Waals surface area contributed by atoms with Crippen LogP contribution in [0.1, 0.15) is 56.3 Å². The largest absolute Gasteiger partial charge is 0.370 e. The van der Waals surface area contributed by atoms with E-state index >= 15 is 0 Å². The predicted octanol–water partition coefficient (Wildman–Crippen LogP) is 3.55. The number of hydrogen-bond donors (Lipinski definition) is 1. The van der Waals surface area contributed by atoms with Crippen molar-refractivity contribution >= 4 is 11.7 Å². The minimum Gasteiger partial charge on any atom is -0.370 e. The molecule has 4 heteroatoms. The standard InChI is InChI=1S/C17H27N3O/c1-4-11-18-16-10-7-14(12-19-16)17(21)20(3)15-8-5-13(2)6-9-15/h7,10,12-13,15H,4-6,8-9,11H2,1-3H3,(H,18,19). The lowest BCUT2D eigenvalue weighted by atomic mass is 9.86. The third-order valence-corrected chi connectivity index (χ3v) is 4.42. The highest BCUT2D eigenvalue weighted by Gasteiger charge is 2.25. The highest BCUT2D eigenvalue weighted by atomic mass is 16.2. The Morgan fingerprint density at radius 3 is 2.62 bits per heavy atom. The average Bonchev–Trinajstić information content (AvgIpc) is 2.53. The van der Waals surface area contributed by atoms with E-state index in [-0.39, 0.29) is 5.91 Å². The molecular weight excluding hydrogens is 262 g/mol. The Kier molecular flexibility index (Phi) is 5.59. The van der Waals surface area contributed by atoms with Gasteiger partial charge >= 0.3 is 0 Å². The molecule has 0 atom stereocenters. The Morgan fingerprint density at radius 1 is 1.33 bits per heavy atom. The monoisotopic (exact) mass is 289 g/mol. The normalized spacial score (nSPS) is 21.9. The fourth-order valence-electron chi connectivity index (χ4n) is 2.88. The molecule has 2 rings (SSSR count). The van der Waals surface area contributed by atoms with Gasteiger partial charge in [-0.2, -0.15) is 0 Å². The molecule has 1 aliphatic carbocycles. The van der Waals surface area contributed by atoms with E-state index < -0.39 is 0 Å². The van der Waals surface area contributed by atoms with Crippen molar-refractivity contribution in [2.24, 2.45) is 5.92 Å². The Morgan fingerprint density at radius 2 is 2.05 bits per heavy atom. The topological polar surface area (TPSA) is 45.2 Å². The summed E-state index contributed by atoms with van der Waals surface area (Å²) in [6, 6.07) is 4.14. The third-order valence-electron chi connectivity index (χ3n) is 4.42. The molecule has 1 saturated carbocycles. The number of nitrogens with zero attached hydrogens (tertiary/aromatic N) is 2. The molecule has 1 aromatic heterocycles. The first-order chi connectivity index (χ1) is 10.1. The van der Waals surface area contributed by atoms with Crippen molar-refractivity contribution in [3.8, 4) is 0 Å². The smallest absolute Gasteiger partial charge is 0.255 e. The van der Waals surface area contributed by atoms with Crippen molar-refractivity contribution in [2.45, 2.75) is 52.0 Å². The first-order valence-corrected chi connectivity index (χ1v) is 8.09. The van der Waals surface area contributed by atoms with E-state index in [0.29, 0.717) is 11.6 Å². The number of nitrogens with one attached hydrogen (secondary N) is 1. The van der Waals surface area contributed by atoms with Crippen molar-refractivity contribution in [1.29, 1.82) is 0 Å². The number of anilines is 1. The summed E-state index contributed by atoms with van der Waals surface area (Å²) in [5, 5.41) is 3.22. The van der Waals surface area contributed by atoms with Gasteiger partial charge in [-0.1, -0.05) is 13.8 Å². The molecule has 0 unspecified atom stereocenters. The Balaban J connectivity index is 1.95. The maximum absolute atomic E-state index is 12.5. The molecule has 21 heavy (non-hydrogen) atoms. The van der Waals surface area contributed by atoms with Gasteiger partial charge in [-0.05, 0) is 50.2 Å². The molecule has 0 bridgehead atoms. The molecule has 1 N–H and O–H groups in total. The maximum Gasteiger partial charge on any atom is 0.255 e. The van der Waals surface area contributed by atoms with Gasteiger partial charge in [-0.25, -0.2) is 4.98 Å². The zero-order chi connectivity index (χ0) is 15.2. The summed E-state index contributed by atoms with van der Waals surface area (Å²) in [4.78, 5) is 18.7. The Labute approximate surface area is 127 Å². The first-order valence-electron chi connectivity index (χ1n) is 8.09. The summed E-state index contributed by atoms with van der Waals surface area (Å²) < 4.78 is 0. The van der Waals surface area contributed by atoms with Crippen LogP contribution in [0.3, 0.4) is 0 Å². The van der Waals surface area contributed by atoms with Gasteiger partial charge < -0.3 is 10.2 Å². The number of pyridine rings is 1. The summed E-state index contributed by atoms with van der Waals surface area (Å²) in [6.07, 6.45) is 7.42. The van der Waals surface area contributed by atoms with Gasteiger partial charge in [0.25, 0.3) is 5.91 Å². The van der Waals surface area contributed by atoms with Crippen LogP contribution in [-0.2, 0) is 0 Å². The van der Waals surface area contributed by atoms with Gasteiger partial charge in [0.1, 0.15) is 5.82 Å². The molecule has 1 fully saturated rings. The number of carbonyl (C=O) groups is 1. The van der Waals surface area contributed by atoms with E-state index in [1.54, 1.807) is 6.20 Å². The lowest BCUT2D eigenvalue weighted by Gasteiger charge is -2.33. The molecule has 116 valence electrons. The van der Waals surface area contributed by atoms with Gasteiger partial charge in [0.05, 0.1) is 5.56 Å². The summed E-state index contributed by atoms with van der Waals surface area (Å²) in [6.45, 7) is 5.31. The first kappa shape index (κ1) is 15.8. The summed E-state index contributed by atoms with van der Waals surface area (Å²) in [5.41, 5.74) is 0.679. The van der Waals surface area contributed by atoms with Crippen LogP contribution in [0, 0.1) is 5.92 Å². The van der Waals surface area contributed by atoms with Crippen LogP contribution in [0.5, 0.6) is 0 Å². The van der Waals surface area contributed by atoms with Crippen molar-refractivity contribution in [2.75, 3.05) is 18.9 Å². The molecule has 0 aromatic carbocycles. The van der Waals surface area contributed by atoms with E-state index in [1.165, 1.54) is 12.8 Å². The van der Waals surface area contributed by atoms with Gasteiger partial charge in [0, 0.05) is 25.8 Å². The molecule has 0 radical (unpaired) electrons. The SMILES string of the molecule is CCCNc1ccc(C(=O)N(C)C2CCC(C)CC2)cn1. The van der Waals surface area contributed by atoms with Crippen LogP contribution in [0.4, 0.5) is 5.82 Å². The molecule has 4 nitrogen and oxygen atoms in total. The minimum absolute atomic E-state index is 0.0871. The number of aromatic nitrogens is 1. The van der Waals surface area contributed by atoms with Crippen molar-refractivity contribution in [1.82, 2.24) is 9.88 Å². The van der Waals surface area contributed by atoms with Gasteiger partial charge in [0.2, 0.25) is 0 Å². The number of hydrogen-bond acceptors (Lipinski definition) is 3. The van der Waals surface area contributed by atoms with E-state index in [9.17, 15) is 4.79 Å². The summed E-state index contributed by atoms with van der Waals surface area (Å²) >= 11 is 0. The fourth-order valence-corrected chi connectivity index (χ4v) is 2.88. The second kappa shape index (κ2) is 7.43. The highest BCUT2D eigenvalue weighted by Crippen LogP contribution is 2.27. The van der Waals surface area contributed by atoms with Crippen molar-refractivity contribution < 1.29 is 4.79 Å². The zero-order valence-electron chi connectivity index (χ0n) is 13.4. The third kappa shape index (κ3) is 4.19. The van der Waals surface area contributed by atoms with Crippen molar-refractivity contribution in [3.63, 3.8) is 0 Å². The van der Waals surface area contributed by atoms with Crippen LogP contribution in [0.15, 0.2) is 18.3 Å². The van der Waals surface area contributed by atoms with Gasteiger partial charge in [-0.15, -0.1) is 0 Å². The molecule has 0 aliphatic heterocycles. The van der Waals surface area contributed by atoms with E-state index in [0.717, 1.165) is 37.5 Å². The lowest BCUT2D eigenvalue weighted by molar-refractivity contribution is 0.0679. The maximum atomic E-state index is 12.5. The molecule has 1 aliphatic rings. The molecule has 1 amide bonds. The van der Waals surface area contributed by atoms with Gasteiger partial charge in [-0.3, -0.25) is 4.79 Å². The predicted molar refractivity (Wildman–Crippen MR) is 86.5 cm³/mol. The van der Waals surface area contributed by atoms with Crippen LogP contribution < -0.4 is 5.32 Å². The molecule has 0 saturated heterocycles. The second-order valence-electron chi connectivity index (χ2n) is 6.19.